The lowest BCUT2D eigenvalue weighted by atomic mass is 10.0. The van der Waals surface area contributed by atoms with Crippen LogP contribution < -0.4 is 14.4 Å². The Kier molecular flexibility index (Phi) is 11.2. The van der Waals surface area contributed by atoms with Crippen LogP contribution in [-0.4, -0.2) is 50.9 Å². The maximum absolute atomic E-state index is 15.0. The lowest BCUT2D eigenvalue weighted by Crippen LogP contribution is -2.54. The number of carbonyl (C=O) groups is 2. The molecule has 4 aromatic carbocycles. The predicted molar refractivity (Wildman–Crippen MR) is 173 cm³/mol. The first-order chi connectivity index (χ1) is 21.5. The number of hydrogen-bond donors (Lipinski definition) is 1. The number of sulfonamides is 1. The summed E-state index contributed by atoms with van der Waals surface area (Å²) in [6.45, 7) is 2.61. The summed E-state index contributed by atoms with van der Waals surface area (Å²) >= 11 is 6.39. The SMILES string of the molecule is COc1ccc(N(CC(=O)N(Cc2ccccc2F)[C@@H](Cc2ccccc2)C(=O)NC(C)C)S(=O)(=O)c2ccccc2)cc1Cl. The van der Waals surface area contributed by atoms with Gasteiger partial charge in [0.05, 0.1) is 22.7 Å². The van der Waals surface area contributed by atoms with Gasteiger partial charge in [0.2, 0.25) is 11.8 Å². The van der Waals surface area contributed by atoms with E-state index >= 15 is 0 Å². The zero-order valence-electron chi connectivity index (χ0n) is 25.2. The third kappa shape index (κ3) is 8.40. The van der Waals surface area contributed by atoms with Crippen LogP contribution in [0.1, 0.15) is 25.0 Å². The van der Waals surface area contributed by atoms with Crippen molar-refractivity contribution in [3.8, 4) is 5.75 Å². The molecule has 0 bridgehead atoms. The minimum Gasteiger partial charge on any atom is -0.495 e. The number of methoxy groups -OCH3 is 1. The minimum atomic E-state index is -4.31. The normalized spacial score (nSPS) is 12.0. The van der Waals surface area contributed by atoms with E-state index in [2.05, 4.69) is 5.32 Å². The Morgan fingerprint density at radius 1 is 0.911 bits per heavy atom. The van der Waals surface area contributed by atoms with Crippen LogP contribution in [0.15, 0.2) is 108 Å². The van der Waals surface area contributed by atoms with Crippen molar-refractivity contribution in [2.45, 2.75) is 43.8 Å². The third-order valence-corrected chi connectivity index (χ3v) is 9.12. The quantitative estimate of drug-likeness (QED) is 0.196. The molecule has 1 N–H and O–H groups in total. The van der Waals surface area contributed by atoms with Gasteiger partial charge < -0.3 is 15.0 Å². The monoisotopic (exact) mass is 651 g/mol. The van der Waals surface area contributed by atoms with Crippen molar-refractivity contribution < 1.29 is 27.1 Å². The molecule has 0 radical (unpaired) electrons. The van der Waals surface area contributed by atoms with E-state index in [-0.39, 0.29) is 40.2 Å². The molecule has 8 nitrogen and oxygen atoms in total. The van der Waals surface area contributed by atoms with Gasteiger partial charge in [-0.2, -0.15) is 0 Å². The van der Waals surface area contributed by atoms with Crippen molar-refractivity contribution in [3.63, 3.8) is 0 Å². The first-order valence-corrected chi connectivity index (χ1v) is 16.1. The Morgan fingerprint density at radius 2 is 1.53 bits per heavy atom. The van der Waals surface area contributed by atoms with Gasteiger partial charge in [0.15, 0.2) is 0 Å². The molecule has 4 aromatic rings. The van der Waals surface area contributed by atoms with E-state index in [4.69, 9.17) is 16.3 Å². The lowest BCUT2D eigenvalue weighted by molar-refractivity contribution is -0.140. The molecule has 11 heteroatoms. The van der Waals surface area contributed by atoms with E-state index in [0.29, 0.717) is 5.75 Å². The molecule has 0 saturated heterocycles. The van der Waals surface area contributed by atoms with Crippen molar-refractivity contribution >= 4 is 39.1 Å². The van der Waals surface area contributed by atoms with Crippen LogP contribution in [0, 0.1) is 5.82 Å². The van der Waals surface area contributed by atoms with E-state index in [9.17, 15) is 22.4 Å². The average molecular weight is 652 g/mol. The smallest absolute Gasteiger partial charge is 0.264 e. The molecule has 1 atom stereocenters. The minimum absolute atomic E-state index is 0.0521. The fraction of sp³-hybridized carbons (Fsp3) is 0.235. The summed E-state index contributed by atoms with van der Waals surface area (Å²) in [4.78, 5) is 29.3. The van der Waals surface area contributed by atoms with Gasteiger partial charge in [0.25, 0.3) is 10.0 Å². The Hall–Kier alpha value is -4.41. The summed E-state index contributed by atoms with van der Waals surface area (Å²) in [6, 6.07) is 25.8. The van der Waals surface area contributed by atoms with Crippen LogP contribution in [0.25, 0.3) is 0 Å². The molecule has 0 heterocycles. The number of ether oxygens (including phenoxy) is 1. The van der Waals surface area contributed by atoms with Crippen LogP contribution in [0.5, 0.6) is 5.75 Å². The molecule has 0 aromatic heterocycles. The molecule has 0 unspecified atom stereocenters. The van der Waals surface area contributed by atoms with Gasteiger partial charge in [-0.15, -0.1) is 0 Å². The molecular weight excluding hydrogens is 617 g/mol. The lowest BCUT2D eigenvalue weighted by Gasteiger charge is -2.34. The topological polar surface area (TPSA) is 96.0 Å². The standard InChI is InChI=1S/C34H35ClFN3O5S/c1-24(2)37-34(41)31(20-25-12-6-4-7-13-25)38(22-26-14-10-11-17-30(26)36)33(40)23-39(27-18-19-32(44-3)29(35)21-27)45(42,43)28-15-8-5-9-16-28/h4-19,21,24,31H,20,22-23H2,1-3H3,(H,37,41)/t31-/m0/s1. The Labute approximate surface area is 268 Å². The number of carbonyl (C=O) groups excluding carboxylic acids is 2. The molecule has 0 aliphatic heterocycles. The summed E-state index contributed by atoms with van der Waals surface area (Å²) in [7, 11) is -2.88. The molecular formula is C34H35ClFN3O5S. The highest BCUT2D eigenvalue weighted by Gasteiger charge is 2.35. The largest absolute Gasteiger partial charge is 0.495 e. The van der Waals surface area contributed by atoms with Crippen LogP contribution in [0.2, 0.25) is 5.02 Å². The van der Waals surface area contributed by atoms with Crippen molar-refractivity contribution in [2.24, 2.45) is 0 Å². The third-order valence-electron chi connectivity index (χ3n) is 7.03. The van der Waals surface area contributed by atoms with Crippen LogP contribution in [0.4, 0.5) is 10.1 Å². The number of benzene rings is 4. The highest BCUT2D eigenvalue weighted by atomic mass is 35.5. The molecule has 0 aliphatic rings. The van der Waals surface area contributed by atoms with Crippen molar-refractivity contribution in [2.75, 3.05) is 18.0 Å². The van der Waals surface area contributed by atoms with E-state index in [1.807, 2.05) is 30.3 Å². The van der Waals surface area contributed by atoms with Gasteiger partial charge in [-0.3, -0.25) is 13.9 Å². The maximum Gasteiger partial charge on any atom is 0.264 e. The Bertz CT molecular complexity index is 1720. The second-order valence-corrected chi connectivity index (χ2v) is 12.9. The molecule has 45 heavy (non-hydrogen) atoms. The highest BCUT2D eigenvalue weighted by molar-refractivity contribution is 7.92. The van der Waals surface area contributed by atoms with Crippen LogP contribution >= 0.6 is 11.6 Å². The number of anilines is 1. The summed E-state index contributed by atoms with van der Waals surface area (Å²) in [5.41, 5.74) is 1.05. The molecule has 0 spiro atoms. The number of halogens is 2. The summed E-state index contributed by atoms with van der Waals surface area (Å²) < 4.78 is 49.3. The number of hydrogen-bond acceptors (Lipinski definition) is 5. The average Bonchev–Trinajstić information content (AvgIpc) is 3.02. The predicted octanol–water partition coefficient (Wildman–Crippen LogP) is 5.85. The Morgan fingerprint density at radius 3 is 2.13 bits per heavy atom. The fourth-order valence-corrected chi connectivity index (χ4v) is 6.48. The van der Waals surface area contributed by atoms with Crippen LogP contribution in [0.3, 0.4) is 0 Å². The van der Waals surface area contributed by atoms with Gasteiger partial charge in [-0.1, -0.05) is 78.3 Å². The number of nitrogens with one attached hydrogen (secondary N) is 1. The number of nitrogens with zero attached hydrogens (tertiary/aromatic N) is 2. The summed E-state index contributed by atoms with van der Waals surface area (Å²) in [5, 5.41) is 3.01. The number of amides is 2. The van der Waals surface area contributed by atoms with Crippen molar-refractivity contribution in [1.29, 1.82) is 0 Å². The van der Waals surface area contributed by atoms with E-state index < -0.39 is 40.2 Å². The molecule has 236 valence electrons. The first-order valence-electron chi connectivity index (χ1n) is 14.3. The maximum atomic E-state index is 15.0. The van der Waals surface area contributed by atoms with Crippen LogP contribution in [-0.2, 0) is 32.6 Å². The van der Waals surface area contributed by atoms with Gasteiger partial charge >= 0.3 is 0 Å². The summed E-state index contributed by atoms with van der Waals surface area (Å²) in [6.07, 6.45) is 0.111. The second-order valence-electron chi connectivity index (χ2n) is 10.6. The Balaban J connectivity index is 1.83. The van der Waals surface area contributed by atoms with Crippen molar-refractivity contribution in [1.82, 2.24) is 10.2 Å². The molecule has 4 rings (SSSR count). The zero-order chi connectivity index (χ0) is 32.6. The second kappa shape index (κ2) is 15.0. The summed E-state index contributed by atoms with van der Waals surface area (Å²) in [5.74, 6) is -1.42. The van der Waals surface area contributed by atoms with Crippen molar-refractivity contribution in [3.05, 3.63) is 125 Å². The molecule has 2 amide bonds. The highest BCUT2D eigenvalue weighted by Crippen LogP contribution is 2.32. The first kappa shape index (κ1) is 33.5. The molecule has 0 fully saturated rings. The van der Waals surface area contributed by atoms with Gasteiger partial charge in [0.1, 0.15) is 24.2 Å². The van der Waals surface area contributed by atoms with Gasteiger partial charge in [0, 0.05) is 24.6 Å². The fourth-order valence-electron chi connectivity index (χ4n) is 4.80. The molecule has 0 saturated carbocycles. The number of rotatable bonds is 13. The zero-order valence-corrected chi connectivity index (χ0v) is 26.8. The van der Waals surface area contributed by atoms with E-state index in [1.165, 1.54) is 60.5 Å². The van der Waals surface area contributed by atoms with E-state index in [0.717, 1.165) is 9.87 Å². The van der Waals surface area contributed by atoms with Gasteiger partial charge in [-0.05, 0) is 55.8 Å². The van der Waals surface area contributed by atoms with Gasteiger partial charge in [-0.25, -0.2) is 12.8 Å². The van der Waals surface area contributed by atoms with E-state index in [1.54, 1.807) is 38.1 Å². The molecule has 0 aliphatic carbocycles.